The molecule has 1 fully saturated rings. The van der Waals surface area contributed by atoms with Crippen LogP contribution in [0.5, 0.6) is 0 Å². The van der Waals surface area contributed by atoms with Gasteiger partial charge < -0.3 is 10.2 Å². The molecule has 5 heteroatoms. The van der Waals surface area contributed by atoms with Gasteiger partial charge in [-0.2, -0.15) is 0 Å². The van der Waals surface area contributed by atoms with Crippen LogP contribution in [0.25, 0.3) is 0 Å². The minimum Gasteiger partial charge on any atom is -0.340 e. The molecule has 82 valence electrons. The minimum atomic E-state index is 0.470. The quantitative estimate of drug-likeness (QED) is 0.773. The summed E-state index contributed by atoms with van der Waals surface area (Å²) < 4.78 is 0. The van der Waals surface area contributed by atoms with Crippen LogP contribution in [-0.4, -0.2) is 36.1 Å². The number of halogens is 1. The number of nitrogens with one attached hydrogen (secondary N) is 1. The van der Waals surface area contributed by atoms with Crippen molar-refractivity contribution in [2.45, 2.75) is 18.9 Å². The molecule has 0 aromatic carbocycles. The Labute approximate surface area is 94.7 Å². The Morgan fingerprint density at radius 3 is 3.13 bits per heavy atom. The first-order valence-corrected chi connectivity index (χ1v) is 5.57. The summed E-state index contributed by atoms with van der Waals surface area (Å²) in [6.45, 7) is 2.10. The number of nitrogens with zero attached hydrogens (tertiary/aromatic N) is 3. The monoisotopic (exact) mass is 226 g/mol. The molecule has 0 aliphatic carbocycles. The number of piperidine rings is 1. The molecule has 1 aliphatic rings. The molecule has 4 nitrogen and oxygen atoms in total. The Morgan fingerprint density at radius 1 is 1.60 bits per heavy atom. The average Bonchev–Trinajstić information content (AvgIpc) is 2.29. The summed E-state index contributed by atoms with van der Waals surface area (Å²) in [6.07, 6.45) is 4.08. The van der Waals surface area contributed by atoms with Crippen LogP contribution in [0.3, 0.4) is 0 Å². The van der Waals surface area contributed by atoms with E-state index in [1.54, 1.807) is 12.3 Å². The first kappa shape index (κ1) is 10.6. The molecule has 1 aromatic rings. The number of likely N-dealkylation sites (N-methyl/N-ethyl adjacent to an activating group) is 1. The van der Waals surface area contributed by atoms with Crippen molar-refractivity contribution in [2.75, 3.05) is 25.0 Å². The van der Waals surface area contributed by atoms with Crippen LogP contribution in [-0.2, 0) is 0 Å². The summed E-state index contributed by atoms with van der Waals surface area (Å²) in [7, 11) is 2.02. The predicted molar refractivity (Wildman–Crippen MR) is 61.3 cm³/mol. The maximum absolute atomic E-state index is 5.83. The second kappa shape index (κ2) is 4.77. The van der Waals surface area contributed by atoms with Crippen molar-refractivity contribution in [3.63, 3.8) is 0 Å². The van der Waals surface area contributed by atoms with E-state index in [1.807, 2.05) is 7.05 Å². The summed E-state index contributed by atoms with van der Waals surface area (Å²) in [5.41, 5.74) is 0. The lowest BCUT2D eigenvalue weighted by atomic mass is 10.1. The van der Waals surface area contributed by atoms with Crippen molar-refractivity contribution >= 4 is 17.5 Å². The molecule has 1 N–H and O–H groups in total. The number of rotatable bonds is 2. The van der Waals surface area contributed by atoms with Crippen molar-refractivity contribution in [1.82, 2.24) is 15.3 Å². The third-order valence-electron chi connectivity index (χ3n) is 2.74. The van der Waals surface area contributed by atoms with Gasteiger partial charge in [-0.1, -0.05) is 11.6 Å². The van der Waals surface area contributed by atoms with Crippen molar-refractivity contribution in [3.8, 4) is 0 Å². The molecule has 1 atom stereocenters. The van der Waals surface area contributed by atoms with Crippen LogP contribution in [0.4, 0.5) is 5.95 Å². The zero-order chi connectivity index (χ0) is 10.7. The fraction of sp³-hybridized carbons (Fsp3) is 0.600. The van der Waals surface area contributed by atoms with E-state index in [9.17, 15) is 0 Å². The van der Waals surface area contributed by atoms with Crippen LogP contribution < -0.4 is 10.2 Å². The minimum absolute atomic E-state index is 0.470. The van der Waals surface area contributed by atoms with Crippen molar-refractivity contribution in [3.05, 3.63) is 17.4 Å². The average molecular weight is 227 g/mol. The third-order valence-corrected chi connectivity index (χ3v) is 2.95. The second-order valence-corrected chi connectivity index (χ2v) is 4.18. The highest BCUT2D eigenvalue weighted by molar-refractivity contribution is 6.29. The lowest BCUT2D eigenvalue weighted by molar-refractivity contribution is 0.441. The van der Waals surface area contributed by atoms with Crippen molar-refractivity contribution in [2.24, 2.45) is 0 Å². The van der Waals surface area contributed by atoms with E-state index in [0.29, 0.717) is 17.1 Å². The van der Waals surface area contributed by atoms with E-state index < -0.39 is 0 Å². The lowest BCUT2D eigenvalue weighted by Gasteiger charge is -2.31. The number of aromatic nitrogens is 2. The highest BCUT2D eigenvalue weighted by Crippen LogP contribution is 2.15. The summed E-state index contributed by atoms with van der Waals surface area (Å²) in [4.78, 5) is 10.5. The zero-order valence-electron chi connectivity index (χ0n) is 8.78. The van der Waals surface area contributed by atoms with Gasteiger partial charge in [-0.25, -0.2) is 9.97 Å². The molecular formula is C10H15ClN4. The van der Waals surface area contributed by atoms with Gasteiger partial charge in [0.15, 0.2) is 0 Å². The summed E-state index contributed by atoms with van der Waals surface area (Å²) in [5.74, 6) is 0.705. The standard InChI is InChI=1S/C10H15ClN4/c1-15(8-3-2-5-12-7-8)10-13-6-4-9(11)14-10/h4,6,8,12H,2-3,5,7H2,1H3/t8-/m0/s1. The zero-order valence-corrected chi connectivity index (χ0v) is 9.54. The molecule has 15 heavy (non-hydrogen) atoms. The number of anilines is 1. The van der Waals surface area contributed by atoms with Gasteiger partial charge in [0.1, 0.15) is 5.15 Å². The summed E-state index contributed by atoms with van der Waals surface area (Å²) in [6, 6.07) is 2.16. The van der Waals surface area contributed by atoms with Crippen molar-refractivity contribution < 1.29 is 0 Å². The van der Waals surface area contributed by atoms with Crippen LogP contribution in [0.1, 0.15) is 12.8 Å². The fourth-order valence-corrected chi connectivity index (χ4v) is 1.96. The van der Waals surface area contributed by atoms with Crippen LogP contribution in [0.15, 0.2) is 12.3 Å². The SMILES string of the molecule is CN(c1nccc(Cl)n1)[C@H]1CCCNC1. The second-order valence-electron chi connectivity index (χ2n) is 3.79. The topological polar surface area (TPSA) is 41.1 Å². The number of hydrogen-bond acceptors (Lipinski definition) is 4. The van der Waals surface area contributed by atoms with Gasteiger partial charge >= 0.3 is 0 Å². The smallest absolute Gasteiger partial charge is 0.226 e. The first-order valence-electron chi connectivity index (χ1n) is 5.19. The molecule has 1 aromatic heterocycles. The Kier molecular flexibility index (Phi) is 3.38. The van der Waals surface area contributed by atoms with E-state index in [2.05, 4.69) is 20.2 Å². The highest BCUT2D eigenvalue weighted by atomic mass is 35.5. The van der Waals surface area contributed by atoms with E-state index in [0.717, 1.165) is 13.1 Å². The molecule has 0 unspecified atom stereocenters. The number of hydrogen-bond donors (Lipinski definition) is 1. The Bertz CT molecular complexity index is 325. The van der Waals surface area contributed by atoms with E-state index in [1.165, 1.54) is 12.8 Å². The summed E-state index contributed by atoms with van der Waals surface area (Å²) in [5, 5.41) is 3.87. The van der Waals surface area contributed by atoms with E-state index in [4.69, 9.17) is 11.6 Å². The van der Waals surface area contributed by atoms with Crippen molar-refractivity contribution in [1.29, 1.82) is 0 Å². The van der Waals surface area contributed by atoms with Gasteiger partial charge in [-0.3, -0.25) is 0 Å². The Morgan fingerprint density at radius 2 is 2.47 bits per heavy atom. The van der Waals surface area contributed by atoms with E-state index in [-0.39, 0.29) is 0 Å². The molecule has 0 saturated carbocycles. The molecule has 2 rings (SSSR count). The fourth-order valence-electron chi connectivity index (χ4n) is 1.82. The van der Waals surface area contributed by atoms with Crippen LogP contribution in [0.2, 0.25) is 5.15 Å². The first-order chi connectivity index (χ1) is 7.27. The Hall–Kier alpha value is -0.870. The van der Waals surface area contributed by atoms with Crippen LogP contribution >= 0.6 is 11.6 Å². The molecule has 0 spiro atoms. The van der Waals surface area contributed by atoms with Gasteiger partial charge in [-0.05, 0) is 25.5 Å². The lowest BCUT2D eigenvalue weighted by Crippen LogP contribution is -2.44. The van der Waals surface area contributed by atoms with Gasteiger partial charge in [0.25, 0.3) is 0 Å². The van der Waals surface area contributed by atoms with Gasteiger partial charge in [0, 0.05) is 25.8 Å². The molecular weight excluding hydrogens is 212 g/mol. The van der Waals surface area contributed by atoms with E-state index >= 15 is 0 Å². The highest BCUT2D eigenvalue weighted by Gasteiger charge is 2.19. The molecule has 1 aliphatic heterocycles. The third kappa shape index (κ3) is 2.58. The van der Waals surface area contributed by atoms with Crippen LogP contribution in [0, 0.1) is 0 Å². The largest absolute Gasteiger partial charge is 0.340 e. The molecule has 0 amide bonds. The Balaban J connectivity index is 2.08. The molecule has 2 heterocycles. The maximum Gasteiger partial charge on any atom is 0.226 e. The molecule has 0 radical (unpaired) electrons. The maximum atomic E-state index is 5.83. The van der Waals surface area contributed by atoms with Gasteiger partial charge in [0.2, 0.25) is 5.95 Å². The molecule has 1 saturated heterocycles. The van der Waals surface area contributed by atoms with Gasteiger partial charge in [0.05, 0.1) is 0 Å². The summed E-state index contributed by atoms with van der Waals surface area (Å²) >= 11 is 5.83. The van der Waals surface area contributed by atoms with Gasteiger partial charge in [-0.15, -0.1) is 0 Å². The predicted octanol–water partition coefficient (Wildman–Crippen LogP) is 1.32. The molecule has 0 bridgehead atoms. The normalized spacial score (nSPS) is 21.3.